The molecule has 1 aliphatic heterocycles. The Morgan fingerprint density at radius 3 is 2.65 bits per heavy atom. The molecule has 1 saturated heterocycles. The van der Waals surface area contributed by atoms with Gasteiger partial charge in [-0.05, 0) is 45.7 Å². The van der Waals surface area contributed by atoms with E-state index in [1.807, 2.05) is 6.92 Å². The molecule has 17 heavy (non-hydrogen) atoms. The number of hydrogen-bond acceptors (Lipinski definition) is 3. The van der Waals surface area contributed by atoms with Gasteiger partial charge >= 0.3 is 5.97 Å². The Labute approximate surface area is 104 Å². The van der Waals surface area contributed by atoms with Gasteiger partial charge in [0.2, 0.25) is 0 Å². The van der Waals surface area contributed by atoms with Crippen LogP contribution in [0.1, 0.15) is 40.0 Å². The van der Waals surface area contributed by atoms with Crippen LogP contribution in [0.15, 0.2) is 0 Å². The SMILES string of the molecule is CC(C)CCC(C)(NC1CCN(C)C1)C(=O)O. The Morgan fingerprint density at radius 1 is 1.59 bits per heavy atom. The van der Waals surface area contributed by atoms with E-state index in [9.17, 15) is 9.90 Å². The topological polar surface area (TPSA) is 52.6 Å². The molecule has 1 rings (SSSR count). The average Bonchev–Trinajstić information content (AvgIpc) is 2.60. The van der Waals surface area contributed by atoms with Gasteiger partial charge in [-0.3, -0.25) is 10.1 Å². The molecular weight excluding hydrogens is 216 g/mol. The molecule has 0 bridgehead atoms. The van der Waals surface area contributed by atoms with Crippen LogP contribution in [0.4, 0.5) is 0 Å². The Kier molecular flexibility index (Phi) is 4.95. The number of likely N-dealkylation sites (N-methyl/N-ethyl adjacent to an activating group) is 1. The molecule has 0 aromatic heterocycles. The molecule has 100 valence electrons. The number of hydrogen-bond donors (Lipinski definition) is 2. The second-order valence-corrected chi connectivity index (χ2v) is 5.96. The molecule has 0 aromatic carbocycles. The number of carboxylic acid groups (broad SMARTS) is 1. The third kappa shape index (κ3) is 4.28. The van der Waals surface area contributed by atoms with Gasteiger partial charge in [-0.15, -0.1) is 0 Å². The van der Waals surface area contributed by atoms with Crippen LogP contribution in [0.25, 0.3) is 0 Å². The van der Waals surface area contributed by atoms with E-state index >= 15 is 0 Å². The normalized spacial score (nSPS) is 25.1. The van der Waals surface area contributed by atoms with Crippen LogP contribution in [-0.4, -0.2) is 47.7 Å². The minimum Gasteiger partial charge on any atom is -0.480 e. The first-order valence-corrected chi connectivity index (χ1v) is 6.53. The van der Waals surface area contributed by atoms with Gasteiger partial charge in [0.05, 0.1) is 0 Å². The monoisotopic (exact) mass is 242 g/mol. The van der Waals surface area contributed by atoms with Crippen molar-refractivity contribution in [3.05, 3.63) is 0 Å². The van der Waals surface area contributed by atoms with Crippen LogP contribution in [0.2, 0.25) is 0 Å². The summed E-state index contributed by atoms with van der Waals surface area (Å²) in [5, 5.41) is 12.7. The van der Waals surface area contributed by atoms with Gasteiger partial charge in [0.1, 0.15) is 5.54 Å². The highest BCUT2D eigenvalue weighted by Crippen LogP contribution is 2.20. The number of carbonyl (C=O) groups is 1. The standard InChI is InChI=1S/C13H26N2O2/c1-10(2)5-7-13(3,12(16)17)14-11-6-8-15(4)9-11/h10-11,14H,5-9H2,1-4H3,(H,16,17). The zero-order chi connectivity index (χ0) is 13.1. The number of likely N-dealkylation sites (tertiary alicyclic amines) is 1. The van der Waals surface area contributed by atoms with Crippen LogP contribution in [0.5, 0.6) is 0 Å². The van der Waals surface area contributed by atoms with Crippen molar-refractivity contribution in [1.82, 2.24) is 10.2 Å². The van der Waals surface area contributed by atoms with Crippen molar-refractivity contribution in [1.29, 1.82) is 0 Å². The maximum Gasteiger partial charge on any atom is 0.323 e. The Hall–Kier alpha value is -0.610. The minimum atomic E-state index is -0.778. The van der Waals surface area contributed by atoms with Crippen LogP contribution >= 0.6 is 0 Å². The van der Waals surface area contributed by atoms with Gasteiger partial charge in [0, 0.05) is 12.6 Å². The lowest BCUT2D eigenvalue weighted by Crippen LogP contribution is -2.54. The highest BCUT2D eigenvalue weighted by Gasteiger charge is 2.36. The first-order chi connectivity index (χ1) is 7.83. The molecule has 1 aliphatic rings. The molecule has 0 spiro atoms. The zero-order valence-electron chi connectivity index (χ0n) is 11.5. The first kappa shape index (κ1) is 14.5. The Morgan fingerprint density at radius 2 is 2.24 bits per heavy atom. The fraction of sp³-hybridized carbons (Fsp3) is 0.923. The summed E-state index contributed by atoms with van der Waals surface area (Å²) in [6.45, 7) is 8.08. The third-order valence-electron chi connectivity index (χ3n) is 3.61. The van der Waals surface area contributed by atoms with E-state index in [0.29, 0.717) is 18.4 Å². The summed E-state index contributed by atoms with van der Waals surface area (Å²) in [5.41, 5.74) is -0.778. The van der Waals surface area contributed by atoms with Gasteiger partial charge in [-0.1, -0.05) is 13.8 Å². The molecule has 2 atom stereocenters. The van der Waals surface area contributed by atoms with Crippen molar-refractivity contribution < 1.29 is 9.90 Å². The van der Waals surface area contributed by atoms with E-state index in [-0.39, 0.29) is 0 Å². The van der Waals surface area contributed by atoms with Gasteiger partial charge in [0.25, 0.3) is 0 Å². The number of nitrogens with one attached hydrogen (secondary N) is 1. The summed E-state index contributed by atoms with van der Waals surface area (Å²) in [5.74, 6) is -0.186. The maximum absolute atomic E-state index is 11.4. The van der Waals surface area contributed by atoms with Crippen molar-refractivity contribution in [2.75, 3.05) is 20.1 Å². The summed E-state index contributed by atoms with van der Waals surface area (Å²) in [7, 11) is 2.08. The molecule has 1 fully saturated rings. The number of nitrogens with zero attached hydrogens (tertiary/aromatic N) is 1. The average molecular weight is 242 g/mol. The van der Waals surface area contributed by atoms with Crippen LogP contribution in [0, 0.1) is 5.92 Å². The van der Waals surface area contributed by atoms with E-state index in [0.717, 1.165) is 25.9 Å². The van der Waals surface area contributed by atoms with Crippen molar-refractivity contribution >= 4 is 5.97 Å². The minimum absolute atomic E-state index is 0.313. The molecule has 0 radical (unpaired) electrons. The van der Waals surface area contributed by atoms with Gasteiger partial charge < -0.3 is 10.0 Å². The molecule has 0 aromatic rings. The number of aliphatic carboxylic acids is 1. The second kappa shape index (κ2) is 5.83. The molecular formula is C13H26N2O2. The largest absolute Gasteiger partial charge is 0.480 e. The lowest BCUT2D eigenvalue weighted by Gasteiger charge is -2.30. The van der Waals surface area contributed by atoms with Gasteiger partial charge in [-0.25, -0.2) is 0 Å². The molecule has 0 amide bonds. The Balaban J connectivity index is 2.55. The fourth-order valence-electron chi connectivity index (χ4n) is 2.32. The molecule has 4 nitrogen and oxygen atoms in total. The molecule has 0 aliphatic carbocycles. The zero-order valence-corrected chi connectivity index (χ0v) is 11.5. The van der Waals surface area contributed by atoms with Gasteiger partial charge in [-0.2, -0.15) is 0 Å². The molecule has 4 heteroatoms. The van der Waals surface area contributed by atoms with E-state index in [1.54, 1.807) is 0 Å². The van der Waals surface area contributed by atoms with Crippen molar-refractivity contribution in [3.63, 3.8) is 0 Å². The van der Waals surface area contributed by atoms with E-state index < -0.39 is 11.5 Å². The van der Waals surface area contributed by atoms with Crippen LogP contribution < -0.4 is 5.32 Å². The van der Waals surface area contributed by atoms with Crippen LogP contribution in [-0.2, 0) is 4.79 Å². The maximum atomic E-state index is 11.4. The summed E-state index contributed by atoms with van der Waals surface area (Å²) in [4.78, 5) is 13.7. The second-order valence-electron chi connectivity index (χ2n) is 5.96. The molecule has 0 saturated carbocycles. The first-order valence-electron chi connectivity index (χ1n) is 6.53. The Bertz CT molecular complexity index is 268. The van der Waals surface area contributed by atoms with E-state index in [1.165, 1.54) is 0 Å². The van der Waals surface area contributed by atoms with E-state index in [4.69, 9.17) is 0 Å². The molecule has 2 N–H and O–H groups in total. The number of rotatable bonds is 6. The summed E-state index contributed by atoms with van der Waals surface area (Å²) < 4.78 is 0. The highest BCUT2D eigenvalue weighted by molar-refractivity contribution is 5.78. The lowest BCUT2D eigenvalue weighted by molar-refractivity contribution is -0.145. The van der Waals surface area contributed by atoms with Gasteiger partial charge in [0.15, 0.2) is 0 Å². The summed E-state index contributed by atoms with van der Waals surface area (Å²) in [6, 6.07) is 0.313. The lowest BCUT2D eigenvalue weighted by atomic mass is 9.91. The molecule has 2 unspecified atom stereocenters. The fourth-order valence-corrected chi connectivity index (χ4v) is 2.32. The van der Waals surface area contributed by atoms with Crippen molar-refractivity contribution in [2.24, 2.45) is 5.92 Å². The van der Waals surface area contributed by atoms with E-state index in [2.05, 4.69) is 31.1 Å². The smallest absolute Gasteiger partial charge is 0.323 e. The highest BCUT2D eigenvalue weighted by atomic mass is 16.4. The van der Waals surface area contributed by atoms with Crippen molar-refractivity contribution in [3.8, 4) is 0 Å². The summed E-state index contributed by atoms with van der Waals surface area (Å²) >= 11 is 0. The van der Waals surface area contributed by atoms with Crippen LogP contribution in [0.3, 0.4) is 0 Å². The quantitative estimate of drug-likeness (QED) is 0.742. The third-order valence-corrected chi connectivity index (χ3v) is 3.61. The predicted octanol–water partition coefficient (Wildman–Crippen LogP) is 1.56. The molecule has 1 heterocycles. The van der Waals surface area contributed by atoms with Crippen molar-refractivity contribution in [2.45, 2.75) is 51.6 Å². The number of carboxylic acids is 1. The summed E-state index contributed by atoms with van der Waals surface area (Å²) in [6.07, 6.45) is 2.68. The predicted molar refractivity (Wildman–Crippen MR) is 69.2 cm³/mol.